The summed E-state index contributed by atoms with van der Waals surface area (Å²) < 4.78 is 5.35. The maximum absolute atomic E-state index is 12.6. The summed E-state index contributed by atoms with van der Waals surface area (Å²) in [5, 5.41) is 3.12. The van der Waals surface area contributed by atoms with Crippen molar-refractivity contribution in [3.05, 3.63) is 0 Å². The summed E-state index contributed by atoms with van der Waals surface area (Å²) in [5.41, 5.74) is 5.18. The van der Waals surface area contributed by atoms with Crippen LogP contribution in [-0.2, 0) is 9.53 Å². The highest BCUT2D eigenvalue weighted by molar-refractivity contribution is 7.80. The second-order valence-corrected chi connectivity index (χ2v) is 7.00. The van der Waals surface area contributed by atoms with E-state index in [-0.39, 0.29) is 5.91 Å². The molecule has 5 heteroatoms. The summed E-state index contributed by atoms with van der Waals surface area (Å²) in [6.07, 6.45) is 7.54. The van der Waals surface area contributed by atoms with E-state index < -0.39 is 5.41 Å². The minimum absolute atomic E-state index is 0.0101. The molecule has 1 saturated heterocycles. The Labute approximate surface area is 133 Å². The Morgan fingerprint density at radius 2 is 1.81 bits per heavy atom. The molecular weight excluding hydrogens is 284 g/mol. The zero-order chi connectivity index (χ0) is 15.3. The van der Waals surface area contributed by atoms with Crippen LogP contribution in [0.25, 0.3) is 0 Å². The lowest BCUT2D eigenvalue weighted by atomic mass is 9.78. The van der Waals surface area contributed by atoms with Gasteiger partial charge < -0.3 is 15.8 Å². The number of amides is 1. The number of thiocarbonyl (C=S) groups is 1. The highest BCUT2D eigenvalue weighted by Gasteiger charge is 2.43. The van der Waals surface area contributed by atoms with Crippen molar-refractivity contribution in [2.24, 2.45) is 23.0 Å². The molecule has 2 fully saturated rings. The van der Waals surface area contributed by atoms with Crippen molar-refractivity contribution in [2.45, 2.75) is 51.9 Å². The Balaban J connectivity index is 1.84. The SMILES string of the molecule is CCC1CCC(CNC(=O)C2(C(N)=S)CCOCC2)CC1. The summed E-state index contributed by atoms with van der Waals surface area (Å²) in [4.78, 5) is 12.9. The van der Waals surface area contributed by atoms with Crippen molar-refractivity contribution in [3.63, 3.8) is 0 Å². The van der Waals surface area contributed by atoms with Gasteiger partial charge in [-0.25, -0.2) is 0 Å². The first-order valence-corrected chi connectivity index (χ1v) is 8.65. The standard InChI is InChI=1S/C16H28N2O2S/c1-2-12-3-5-13(6-4-12)11-18-15(19)16(14(17)21)7-9-20-10-8-16/h12-13H,2-11H2,1H3,(H2,17,21)(H,18,19). The fraction of sp³-hybridized carbons (Fsp3) is 0.875. The summed E-state index contributed by atoms with van der Waals surface area (Å²) in [6, 6.07) is 0. The Kier molecular flexibility index (Phi) is 5.99. The van der Waals surface area contributed by atoms with Gasteiger partial charge in [0, 0.05) is 19.8 Å². The van der Waals surface area contributed by atoms with Crippen molar-refractivity contribution in [2.75, 3.05) is 19.8 Å². The number of carbonyl (C=O) groups is 1. The molecule has 120 valence electrons. The molecule has 1 heterocycles. The zero-order valence-electron chi connectivity index (χ0n) is 13.0. The maximum atomic E-state index is 12.6. The van der Waals surface area contributed by atoms with Crippen LogP contribution in [-0.4, -0.2) is 30.7 Å². The van der Waals surface area contributed by atoms with Gasteiger partial charge in [-0.3, -0.25) is 4.79 Å². The van der Waals surface area contributed by atoms with Gasteiger partial charge in [0.2, 0.25) is 5.91 Å². The van der Waals surface area contributed by atoms with E-state index in [9.17, 15) is 4.79 Å². The summed E-state index contributed by atoms with van der Waals surface area (Å²) in [5.74, 6) is 1.51. The fourth-order valence-electron chi connectivity index (χ4n) is 3.56. The highest BCUT2D eigenvalue weighted by Crippen LogP contribution is 2.33. The molecule has 0 bridgehead atoms. The van der Waals surface area contributed by atoms with E-state index in [1.54, 1.807) is 0 Å². The first-order chi connectivity index (χ1) is 10.1. The van der Waals surface area contributed by atoms with E-state index in [1.807, 2.05) is 0 Å². The summed E-state index contributed by atoms with van der Waals surface area (Å²) in [7, 11) is 0. The smallest absolute Gasteiger partial charge is 0.233 e. The first-order valence-electron chi connectivity index (χ1n) is 8.24. The van der Waals surface area contributed by atoms with Gasteiger partial charge in [0.15, 0.2) is 0 Å². The number of carbonyl (C=O) groups excluding carboxylic acids is 1. The normalized spacial score (nSPS) is 28.8. The van der Waals surface area contributed by atoms with Crippen LogP contribution >= 0.6 is 12.2 Å². The number of hydrogen-bond acceptors (Lipinski definition) is 3. The Morgan fingerprint density at radius 3 is 2.33 bits per heavy atom. The molecule has 2 rings (SSSR count). The minimum Gasteiger partial charge on any atom is -0.392 e. The lowest BCUT2D eigenvalue weighted by Gasteiger charge is -2.35. The molecule has 1 saturated carbocycles. The molecule has 0 atom stereocenters. The van der Waals surface area contributed by atoms with Crippen LogP contribution < -0.4 is 11.1 Å². The molecule has 1 aliphatic heterocycles. The predicted molar refractivity (Wildman–Crippen MR) is 88.0 cm³/mol. The molecule has 3 N–H and O–H groups in total. The van der Waals surface area contributed by atoms with Crippen molar-refractivity contribution in [3.8, 4) is 0 Å². The van der Waals surface area contributed by atoms with Gasteiger partial charge in [-0.15, -0.1) is 0 Å². The monoisotopic (exact) mass is 312 g/mol. The molecule has 0 radical (unpaired) electrons. The van der Waals surface area contributed by atoms with Crippen molar-refractivity contribution in [1.82, 2.24) is 5.32 Å². The van der Waals surface area contributed by atoms with Crippen LogP contribution in [0.4, 0.5) is 0 Å². The van der Waals surface area contributed by atoms with Crippen molar-refractivity contribution in [1.29, 1.82) is 0 Å². The van der Waals surface area contributed by atoms with Crippen LogP contribution in [0.3, 0.4) is 0 Å². The van der Waals surface area contributed by atoms with Gasteiger partial charge in [0.05, 0.1) is 4.99 Å². The van der Waals surface area contributed by atoms with E-state index in [0.29, 0.717) is 37.0 Å². The fourth-order valence-corrected chi connectivity index (χ4v) is 3.85. The lowest BCUT2D eigenvalue weighted by molar-refractivity contribution is -0.131. The van der Waals surface area contributed by atoms with Gasteiger partial charge in [-0.1, -0.05) is 38.4 Å². The Hall–Kier alpha value is -0.680. The highest BCUT2D eigenvalue weighted by atomic mass is 32.1. The van der Waals surface area contributed by atoms with E-state index in [4.69, 9.17) is 22.7 Å². The largest absolute Gasteiger partial charge is 0.392 e. The van der Waals surface area contributed by atoms with Crippen LogP contribution in [0.15, 0.2) is 0 Å². The number of rotatable bonds is 5. The molecule has 21 heavy (non-hydrogen) atoms. The van der Waals surface area contributed by atoms with E-state index >= 15 is 0 Å². The number of nitrogens with two attached hydrogens (primary N) is 1. The van der Waals surface area contributed by atoms with Gasteiger partial charge in [0.25, 0.3) is 0 Å². The average molecular weight is 312 g/mol. The van der Waals surface area contributed by atoms with Gasteiger partial charge in [-0.2, -0.15) is 0 Å². The van der Waals surface area contributed by atoms with Crippen LogP contribution in [0.1, 0.15) is 51.9 Å². The van der Waals surface area contributed by atoms with Crippen molar-refractivity contribution < 1.29 is 9.53 Å². The topological polar surface area (TPSA) is 64.4 Å². The average Bonchev–Trinajstić information content (AvgIpc) is 2.53. The molecule has 4 nitrogen and oxygen atoms in total. The quantitative estimate of drug-likeness (QED) is 0.765. The molecule has 2 aliphatic rings. The van der Waals surface area contributed by atoms with Crippen LogP contribution in [0, 0.1) is 17.3 Å². The number of ether oxygens (including phenoxy) is 1. The maximum Gasteiger partial charge on any atom is 0.233 e. The molecular formula is C16H28N2O2S. The molecule has 0 aromatic rings. The molecule has 0 aromatic heterocycles. The van der Waals surface area contributed by atoms with Gasteiger partial charge in [0.1, 0.15) is 5.41 Å². The molecule has 0 aromatic carbocycles. The van der Waals surface area contributed by atoms with Crippen LogP contribution in [0.5, 0.6) is 0 Å². The predicted octanol–water partition coefficient (Wildman–Crippen LogP) is 2.40. The minimum atomic E-state index is -0.686. The number of hydrogen-bond donors (Lipinski definition) is 2. The molecule has 0 spiro atoms. The lowest BCUT2D eigenvalue weighted by Crippen LogP contribution is -2.52. The van der Waals surface area contributed by atoms with Gasteiger partial charge in [-0.05, 0) is 37.5 Å². The van der Waals surface area contributed by atoms with Gasteiger partial charge >= 0.3 is 0 Å². The Morgan fingerprint density at radius 1 is 1.24 bits per heavy atom. The Bertz CT molecular complexity index is 372. The van der Waals surface area contributed by atoms with Crippen molar-refractivity contribution >= 4 is 23.1 Å². The third-order valence-electron chi connectivity index (χ3n) is 5.35. The molecule has 1 amide bonds. The van der Waals surface area contributed by atoms with E-state index in [0.717, 1.165) is 12.5 Å². The van der Waals surface area contributed by atoms with E-state index in [2.05, 4.69) is 12.2 Å². The summed E-state index contributed by atoms with van der Waals surface area (Å²) in [6.45, 7) is 4.16. The molecule has 1 aliphatic carbocycles. The third-order valence-corrected chi connectivity index (χ3v) is 5.74. The first kappa shape index (κ1) is 16.7. The molecule has 0 unspecified atom stereocenters. The summed E-state index contributed by atoms with van der Waals surface area (Å²) >= 11 is 5.17. The van der Waals surface area contributed by atoms with Crippen LogP contribution in [0.2, 0.25) is 0 Å². The van der Waals surface area contributed by atoms with E-state index in [1.165, 1.54) is 32.1 Å². The second-order valence-electron chi connectivity index (χ2n) is 6.56. The third kappa shape index (κ3) is 3.95. The zero-order valence-corrected chi connectivity index (χ0v) is 13.8. The number of nitrogens with one attached hydrogen (secondary N) is 1. The second kappa shape index (κ2) is 7.54.